The lowest BCUT2D eigenvalue weighted by molar-refractivity contribution is 0.664. The molecule has 0 spiro atoms. The number of benzene rings is 3. The number of rotatable bonds is 4. The Morgan fingerprint density at radius 2 is 1.60 bits per heavy atom. The van der Waals surface area contributed by atoms with Crippen LogP contribution in [-0.2, 0) is 0 Å². The average Bonchev–Trinajstić information content (AvgIpc) is 2.50. The van der Waals surface area contributed by atoms with Crippen molar-refractivity contribution in [2.75, 3.05) is 0 Å². The zero-order valence-electron chi connectivity index (χ0n) is 12.1. The van der Waals surface area contributed by atoms with Gasteiger partial charge in [-0.25, -0.2) is 0 Å². The van der Waals surface area contributed by atoms with Crippen LogP contribution in [0, 0.1) is 6.92 Å². The van der Waals surface area contributed by atoms with E-state index in [1.165, 1.54) is 46.4 Å². The summed E-state index contributed by atoms with van der Waals surface area (Å²) in [4.78, 5) is 0. The van der Waals surface area contributed by atoms with E-state index in [2.05, 4.69) is 68.4 Å². The zero-order valence-corrected chi connectivity index (χ0v) is 12.1. The quantitative estimate of drug-likeness (QED) is 0.498. The van der Waals surface area contributed by atoms with E-state index in [0.717, 1.165) is 0 Å². The van der Waals surface area contributed by atoms with Crippen LogP contribution in [-0.4, -0.2) is 0 Å². The lowest BCUT2D eigenvalue weighted by Crippen LogP contribution is -1.95. The van der Waals surface area contributed by atoms with Crippen LogP contribution in [0.2, 0.25) is 0 Å². The van der Waals surface area contributed by atoms with Crippen molar-refractivity contribution in [2.24, 2.45) is 0 Å². The van der Waals surface area contributed by atoms with Gasteiger partial charge in [-0.05, 0) is 58.5 Å². The molecule has 0 aromatic heterocycles. The maximum absolute atomic E-state index is 4.38. The second-order valence-electron chi connectivity index (χ2n) is 5.61. The Morgan fingerprint density at radius 3 is 2.35 bits per heavy atom. The van der Waals surface area contributed by atoms with E-state index in [9.17, 15) is 0 Å². The Bertz CT molecular complexity index is 724. The highest BCUT2D eigenvalue weighted by molar-refractivity contribution is 5.99. The van der Waals surface area contributed by atoms with Gasteiger partial charge in [-0.15, -0.1) is 0 Å². The molecule has 3 aromatic carbocycles. The Kier molecular flexibility index (Phi) is 3.73. The first-order valence-corrected chi connectivity index (χ1v) is 7.54. The molecule has 0 aliphatic heterocycles. The van der Waals surface area contributed by atoms with Gasteiger partial charge in [-0.2, -0.15) is 0 Å². The third-order valence-corrected chi connectivity index (χ3v) is 4.13. The van der Waals surface area contributed by atoms with E-state index in [0.29, 0.717) is 5.92 Å². The summed E-state index contributed by atoms with van der Waals surface area (Å²) in [6.07, 6.45) is 3.65. The maximum atomic E-state index is 4.38. The minimum absolute atomic E-state index is 0.389. The van der Waals surface area contributed by atoms with Gasteiger partial charge in [0, 0.05) is 0 Å². The molecular weight excluding hydrogens is 240 g/mol. The fourth-order valence-electron chi connectivity index (χ4n) is 2.95. The van der Waals surface area contributed by atoms with Crippen LogP contribution in [0.1, 0.15) is 37.7 Å². The molecular formula is C20H21. The monoisotopic (exact) mass is 261 g/mol. The molecule has 3 rings (SSSR count). The molecule has 0 saturated carbocycles. The summed E-state index contributed by atoms with van der Waals surface area (Å²) in [5, 5.41) is 5.31. The first-order chi connectivity index (χ1) is 9.79. The van der Waals surface area contributed by atoms with Crippen molar-refractivity contribution in [3.63, 3.8) is 0 Å². The third-order valence-electron chi connectivity index (χ3n) is 4.13. The van der Waals surface area contributed by atoms with E-state index in [4.69, 9.17) is 0 Å². The summed E-state index contributed by atoms with van der Waals surface area (Å²) in [6, 6.07) is 19.8. The number of hydrogen-bond donors (Lipinski definition) is 0. The number of unbranched alkanes of at least 4 members (excludes halogenated alkanes) is 1. The minimum atomic E-state index is 0.389. The van der Waals surface area contributed by atoms with Crippen molar-refractivity contribution in [2.45, 2.75) is 32.1 Å². The van der Waals surface area contributed by atoms with E-state index >= 15 is 0 Å². The van der Waals surface area contributed by atoms with Gasteiger partial charge < -0.3 is 0 Å². The van der Waals surface area contributed by atoms with Gasteiger partial charge in [0.1, 0.15) is 0 Å². The smallest absolute Gasteiger partial charge is 0.0143 e. The van der Waals surface area contributed by atoms with Gasteiger partial charge in [-0.1, -0.05) is 62.2 Å². The normalized spacial score (nSPS) is 12.9. The summed E-state index contributed by atoms with van der Waals surface area (Å²) in [7, 11) is 0. The van der Waals surface area contributed by atoms with E-state index in [1.807, 2.05) is 0 Å². The molecule has 101 valence electrons. The van der Waals surface area contributed by atoms with Gasteiger partial charge in [-0.3, -0.25) is 0 Å². The first-order valence-electron chi connectivity index (χ1n) is 7.54. The van der Waals surface area contributed by atoms with Crippen molar-refractivity contribution in [3.8, 4) is 0 Å². The Hall–Kier alpha value is -1.82. The molecule has 1 atom stereocenters. The molecule has 1 unspecified atom stereocenters. The molecule has 3 aromatic rings. The summed E-state index contributed by atoms with van der Waals surface area (Å²) in [5.74, 6) is 0.389. The molecule has 0 nitrogen and oxygen atoms in total. The maximum Gasteiger partial charge on any atom is -0.0143 e. The highest BCUT2D eigenvalue weighted by atomic mass is 14.1. The highest BCUT2D eigenvalue weighted by Gasteiger charge is 2.09. The molecule has 0 amide bonds. The summed E-state index contributed by atoms with van der Waals surface area (Å²) in [6.45, 7) is 6.62. The van der Waals surface area contributed by atoms with Gasteiger partial charge in [0.25, 0.3) is 0 Å². The minimum Gasteiger partial charge on any atom is -0.0654 e. The highest BCUT2D eigenvalue weighted by Crippen LogP contribution is 2.31. The molecule has 0 N–H and O–H groups in total. The first kappa shape index (κ1) is 13.2. The van der Waals surface area contributed by atoms with Crippen LogP contribution in [0.3, 0.4) is 0 Å². The number of hydrogen-bond acceptors (Lipinski definition) is 0. The van der Waals surface area contributed by atoms with Crippen molar-refractivity contribution in [3.05, 3.63) is 67.1 Å². The standard InChI is InChI=1S/C20H21/c1-3-4-8-15(2)19-12-7-11-18-13-16-9-5-6-10-17(16)14-20(18)19/h5-7,9-15H,2-4,8H2,1H3. The van der Waals surface area contributed by atoms with Crippen LogP contribution in [0.4, 0.5) is 0 Å². The van der Waals surface area contributed by atoms with Crippen molar-refractivity contribution in [1.29, 1.82) is 0 Å². The van der Waals surface area contributed by atoms with Crippen LogP contribution in [0.15, 0.2) is 54.6 Å². The van der Waals surface area contributed by atoms with Gasteiger partial charge in [0.2, 0.25) is 0 Å². The molecule has 0 aliphatic rings. The average molecular weight is 261 g/mol. The Morgan fingerprint density at radius 1 is 0.900 bits per heavy atom. The SMILES string of the molecule is [CH2]C(CCCC)c1cccc2cc3ccccc3cc12. The Balaban J connectivity index is 2.15. The van der Waals surface area contributed by atoms with E-state index in [1.54, 1.807) is 0 Å². The van der Waals surface area contributed by atoms with E-state index < -0.39 is 0 Å². The van der Waals surface area contributed by atoms with Crippen molar-refractivity contribution < 1.29 is 0 Å². The summed E-state index contributed by atoms with van der Waals surface area (Å²) >= 11 is 0. The molecule has 0 saturated heterocycles. The third kappa shape index (κ3) is 2.43. The van der Waals surface area contributed by atoms with Gasteiger partial charge >= 0.3 is 0 Å². The number of fused-ring (bicyclic) bond motifs is 2. The van der Waals surface area contributed by atoms with Crippen LogP contribution < -0.4 is 0 Å². The lowest BCUT2D eigenvalue weighted by atomic mass is 9.90. The topological polar surface area (TPSA) is 0 Å². The van der Waals surface area contributed by atoms with Crippen LogP contribution in [0.25, 0.3) is 21.5 Å². The van der Waals surface area contributed by atoms with Crippen molar-refractivity contribution in [1.82, 2.24) is 0 Å². The van der Waals surface area contributed by atoms with Crippen molar-refractivity contribution >= 4 is 21.5 Å². The van der Waals surface area contributed by atoms with Gasteiger partial charge in [0.05, 0.1) is 0 Å². The fourth-order valence-corrected chi connectivity index (χ4v) is 2.95. The second-order valence-corrected chi connectivity index (χ2v) is 5.61. The second kappa shape index (κ2) is 5.66. The molecule has 0 bridgehead atoms. The van der Waals surface area contributed by atoms with Crippen LogP contribution >= 0.6 is 0 Å². The molecule has 0 heterocycles. The fraction of sp³-hybridized carbons (Fsp3) is 0.250. The largest absolute Gasteiger partial charge is 0.0654 e. The van der Waals surface area contributed by atoms with E-state index in [-0.39, 0.29) is 0 Å². The molecule has 0 aliphatic carbocycles. The molecule has 20 heavy (non-hydrogen) atoms. The molecule has 0 heteroatoms. The summed E-state index contributed by atoms with van der Waals surface area (Å²) < 4.78 is 0. The molecule has 0 fully saturated rings. The predicted octanol–water partition coefficient (Wildman–Crippen LogP) is 6.10. The zero-order chi connectivity index (χ0) is 13.9. The van der Waals surface area contributed by atoms with Crippen LogP contribution in [0.5, 0.6) is 0 Å². The predicted molar refractivity (Wildman–Crippen MR) is 89.1 cm³/mol. The summed E-state index contributed by atoms with van der Waals surface area (Å²) in [5.41, 5.74) is 1.39. The van der Waals surface area contributed by atoms with Gasteiger partial charge in [0.15, 0.2) is 0 Å². The molecule has 1 radical (unpaired) electrons. The lowest BCUT2D eigenvalue weighted by Gasteiger charge is -2.15. The Labute approximate surface area is 121 Å².